The second kappa shape index (κ2) is 13.8. The maximum atomic E-state index is 12.7. The number of para-hydroxylation sites is 1. The highest BCUT2D eigenvalue weighted by Crippen LogP contribution is 2.16. The van der Waals surface area contributed by atoms with Gasteiger partial charge >= 0.3 is 0 Å². The van der Waals surface area contributed by atoms with Crippen molar-refractivity contribution < 1.29 is 19.1 Å². The molecule has 0 saturated carbocycles. The fourth-order valence-electron chi connectivity index (χ4n) is 3.44. The van der Waals surface area contributed by atoms with Crippen LogP contribution in [0.5, 0.6) is 11.5 Å². The van der Waals surface area contributed by atoms with Crippen molar-refractivity contribution >= 4 is 17.5 Å². The van der Waals surface area contributed by atoms with Crippen LogP contribution in [0.4, 0.5) is 5.69 Å². The van der Waals surface area contributed by atoms with Gasteiger partial charge in [-0.2, -0.15) is 0 Å². The van der Waals surface area contributed by atoms with Gasteiger partial charge in [0.2, 0.25) is 0 Å². The van der Waals surface area contributed by atoms with Gasteiger partial charge < -0.3 is 25.0 Å². The molecule has 3 aromatic carbocycles. The molecular weight excluding hydrogens is 442 g/mol. The first-order valence-corrected chi connectivity index (χ1v) is 11.9. The molecule has 0 spiro atoms. The number of anilines is 1. The SMILES string of the molecule is CCN(CC)CCNC(=O)c1ccc(NC(=O)c2cccc(OCCOc3ccccc3)c2)cc1. The summed E-state index contributed by atoms with van der Waals surface area (Å²) >= 11 is 0. The van der Waals surface area contributed by atoms with Gasteiger partial charge in [0.05, 0.1) is 0 Å². The minimum absolute atomic E-state index is 0.129. The number of carbonyl (C=O) groups is 2. The summed E-state index contributed by atoms with van der Waals surface area (Å²) < 4.78 is 11.3. The second-order valence-electron chi connectivity index (χ2n) is 7.85. The van der Waals surface area contributed by atoms with Crippen LogP contribution in [-0.4, -0.2) is 56.1 Å². The van der Waals surface area contributed by atoms with E-state index in [-0.39, 0.29) is 11.8 Å². The summed E-state index contributed by atoms with van der Waals surface area (Å²) in [6, 6.07) is 23.4. The molecule has 2 amide bonds. The van der Waals surface area contributed by atoms with Crippen LogP contribution in [0.1, 0.15) is 34.6 Å². The predicted molar refractivity (Wildman–Crippen MR) is 138 cm³/mol. The van der Waals surface area contributed by atoms with Crippen LogP contribution in [0.15, 0.2) is 78.9 Å². The lowest BCUT2D eigenvalue weighted by Crippen LogP contribution is -2.34. The Morgan fingerprint density at radius 1 is 0.743 bits per heavy atom. The summed E-state index contributed by atoms with van der Waals surface area (Å²) in [5, 5.41) is 5.79. The number of rotatable bonds is 13. The number of carbonyl (C=O) groups excluding carboxylic acids is 2. The van der Waals surface area contributed by atoms with Gasteiger partial charge in [0.1, 0.15) is 24.7 Å². The zero-order valence-electron chi connectivity index (χ0n) is 20.3. The molecule has 7 heteroatoms. The molecule has 0 saturated heterocycles. The Balaban J connectivity index is 1.46. The molecule has 35 heavy (non-hydrogen) atoms. The Labute approximate surface area is 207 Å². The van der Waals surface area contributed by atoms with E-state index in [1.807, 2.05) is 30.3 Å². The van der Waals surface area contributed by atoms with Gasteiger partial charge in [-0.1, -0.05) is 38.1 Å². The summed E-state index contributed by atoms with van der Waals surface area (Å²) in [5.74, 6) is 0.988. The van der Waals surface area contributed by atoms with E-state index in [0.29, 0.717) is 42.3 Å². The number of hydrogen-bond donors (Lipinski definition) is 2. The first-order valence-electron chi connectivity index (χ1n) is 11.9. The largest absolute Gasteiger partial charge is 0.490 e. The molecule has 0 aliphatic carbocycles. The molecule has 0 unspecified atom stereocenters. The molecule has 0 aromatic heterocycles. The summed E-state index contributed by atoms with van der Waals surface area (Å²) in [7, 11) is 0. The number of ether oxygens (including phenoxy) is 2. The van der Waals surface area contributed by atoms with E-state index in [1.54, 1.807) is 48.5 Å². The minimum atomic E-state index is -0.257. The molecule has 3 rings (SSSR count). The molecule has 3 aromatic rings. The van der Waals surface area contributed by atoms with Crippen molar-refractivity contribution in [2.24, 2.45) is 0 Å². The highest BCUT2D eigenvalue weighted by atomic mass is 16.5. The molecule has 184 valence electrons. The molecule has 0 radical (unpaired) electrons. The van der Waals surface area contributed by atoms with Crippen molar-refractivity contribution in [3.8, 4) is 11.5 Å². The van der Waals surface area contributed by atoms with Crippen molar-refractivity contribution in [2.45, 2.75) is 13.8 Å². The zero-order valence-corrected chi connectivity index (χ0v) is 20.3. The topological polar surface area (TPSA) is 79.9 Å². The molecular formula is C28H33N3O4. The van der Waals surface area contributed by atoms with E-state index >= 15 is 0 Å². The van der Waals surface area contributed by atoms with Crippen molar-refractivity contribution in [1.29, 1.82) is 0 Å². The molecule has 0 bridgehead atoms. The lowest BCUT2D eigenvalue weighted by Gasteiger charge is -2.18. The Morgan fingerprint density at radius 2 is 1.40 bits per heavy atom. The third-order valence-corrected chi connectivity index (χ3v) is 5.47. The normalized spacial score (nSPS) is 10.6. The van der Waals surface area contributed by atoms with Crippen LogP contribution in [0, 0.1) is 0 Å². The zero-order chi connectivity index (χ0) is 24.9. The van der Waals surface area contributed by atoms with Crippen LogP contribution in [-0.2, 0) is 0 Å². The van der Waals surface area contributed by atoms with Gasteiger partial charge in [0, 0.05) is 29.9 Å². The van der Waals surface area contributed by atoms with Crippen LogP contribution in [0.3, 0.4) is 0 Å². The smallest absolute Gasteiger partial charge is 0.255 e. The van der Waals surface area contributed by atoms with Gasteiger partial charge in [-0.05, 0) is 67.7 Å². The Bertz CT molecular complexity index is 1070. The number of amides is 2. The summed E-state index contributed by atoms with van der Waals surface area (Å²) in [6.07, 6.45) is 0. The number of nitrogens with one attached hydrogen (secondary N) is 2. The van der Waals surface area contributed by atoms with Crippen molar-refractivity contribution in [2.75, 3.05) is 44.7 Å². The third kappa shape index (κ3) is 8.46. The molecule has 0 fully saturated rings. The van der Waals surface area contributed by atoms with Crippen LogP contribution in [0.2, 0.25) is 0 Å². The number of benzene rings is 3. The Kier molecular flexibility index (Phi) is 10.1. The maximum absolute atomic E-state index is 12.7. The highest BCUT2D eigenvalue weighted by molar-refractivity contribution is 6.04. The Morgan fingerprint density at radius 3 is 2.09 bits per heavy atom. The predicted octanol–water partition coefficient (Wildman–Crippen LogP) is 4.47. The first-order chi connectivity index (χ1) is 17.1. The average molecular weight is 476 g/mol. The standard InChI is InChI=1S/C28H33N3O4/c1-3-31(4-2)18-17-29-27(32)22-13-15-24(16-14-22)30-28(33)23-9-8-12-26(21-23)35-20-19-34-25-10-6-5-7-11-25/h5-16,21H,3-4,17-20H2,1-2H3,(H,29,32)(H,30,33). The number of likely N-dealkylation sites (N-methyl/N-ethyl adjacent to an activating group) is 1. The van der Waals surface area contributed by atoms with Gasteiger partial charge in [-0.15, -0.1) is 0 Å². The van der Waals surface area contributed by atoms with Gasteiger partial charge in [0.25, 0.3) is 11.8 Å². The average Bonchev–Trinajstić information content (AvgIpc) is 2.90. The monoisotopic (exact) mass is 475 g/mol. The fraction of sp³-hybridized carbons (Fsp3) is 0.286. The highest BCUT2D eigenvalue weighted by Gasteiger charge is 2.10. The van der Waals surface area contributed by atoms with Crippen LogP contribution < -0.4 is 20.1 Å². The molecule has 0 aliphatic rings. The van der Waals surface area contributed by atoms with Crippen LogP contribution >= 0.6 is 0 Å². The molecule has 7 nitrogen and oxygen atoms in total. The van der Waals surface area contributed by atoms with Crippen molar-refractivity contribution in [3.05, 3.63) is 90.0 Å². The van der Waals surface area contributed by atoms with E-state index in [4.69, 9.17) is 9.47 Å². The third-order valence-electron chi connectivity index (χ3n) is 5.47. The van der Waals surface area contributed by atoms with Crippen molar-refractivity contribution in [3.63, 3.8) is 0 Å². The van der Waals surface area contributed by atoms with Gasteiger partial charge in [-0.3, -0.25) is 9.59 Å². The van der Waals surface area contributed by atoms with E-state index < -0.39 is 0 Å². The van der Waals surface area contributed by atoms with Gasteiger partial charge in [0.15, 0.2) is 0 Å². The Hall–Kier alpha value is -3.84. The summed E-state index contributed by atoms with van der Waals surface area (Å²) in [5.41, 5.74) is 1.64. The molecule has 0 heterocycles. The quantitative estimate of drug-likeness (QED) is 0.357. The first kappa shape index (κ1) is 25.8. The van der Waals surface area contributed by atoms with Gasteiger partial charge in [-0.25, -0.2) is 0 Å². The molecule has 2 N–H and O–H groups in total. The lowest BCUT2D eigenvalue weighted by molar-refractivity contribution is 0.0948. The second-order valence-corrected chi connectivity index (χ2v) is 7.85. The van der Waals surface area contributed by atoms with E-state index in [0.717, 1.165) is 25.4 Å². The minimum Gasteiger partial charge on any atom is -0.490 e. The summed E-state index contributed by atoms with van der Waals surface area (Å²) in [6.45, 7) is 8.28. The fourth-order valence-corrected chi connectivity index (χ4v) is 3.44. The number of nitrogens with zero attached hydrogens (tertiary/aromatic N) is 1. The number of hydrogen-bond acceptors (Lipinski definition) is 5. The summed E-state index contributed by atoms with van der Waals surface area (Å²) in [4.78, 5) is 27.3. The van der Waals surface area contributed by atoms with Crippen molar-refractivity contribution in [1.82, 2.24) is 10.2 Å². The lowest BCUT2D eigenvalue weighted by atomic mass is 10.1. The van der Waals surface area contributed by atoms with E-state index in [2.05, 4.69) is 29.4 Å². The van der Waals surface area contributed by atoms with E-state index in [9.17, 15) is 9.59 Å². The van der Waals surface area contributed by atoms with Crippen LogP contribution in [0.25, 0.3) is 0 Å². The molecule has 0 aliphatic heterocycles. The molecule has 0 atom stereocenters. The van der Waals surface area contributed by atoms with E-state index in [1.165, 1.54) is 0 Å². The maximum Gasteiger partial charge on any atom is 0.255 e.